The number of halogens is 2. The molecule has 0 aliphatic rings. The Morgan fingerprint density at radius 2 is 2.18 bits per heavy atom. The van der Waals surface area contributed by atoms with E-state index in [1.54, 1.807) is 6.07 Å². The molecule has 0 amide bonds. The average Bonchev–Trinajstić information content (AvgIpc) is 2.28. The van der Waals surface area contributed by atoms with E-state index in [0.29, 0.717) is 4.47 Å². The molecular formula is C11H5BrFN3O. The molecule has 0 bridgehead atoms. The Morgan fingerprint density at radius 3 is 2.88 bits per heavy atom. The van der Waals surface area contributed by atoms with Gasteiger partial charge in [-0.25, -0.2) is 4.39 Å². The van der Waals surface area contributed by atoms with Gasteiger partial charge >= 0.3 is 0 Å². The molecule has 2 rings (SSSR count). The third-order valence-electron chi connectivity index (χ3n) is 1.86. The lowest BCUT2D eigenvalue weighted by Crippen LogP contribution is -1.94. The first-order valence-electron chi connectivity index (χ1n) is 4.55. The number of hydrogen-bond donors (Lipinski definition) is 0. The van der Waals surface area contributed by atoms with Gasteiger partial charge in [0.05, 0.1) is 6.20 Å². The van der Waals surface area contributed by atoms with Gasteiger partial charge < -0.3 is 4.74 Å². The highest BCUT2D eigenvalue weighted by Gasteiger charge is 2.07. The standard InChI is InChI=1S/C11H5BrFN3O/c12-8-3-9(13)5-10(4-8)17-11-7(6-14)1-2-15-16-11/h1-5H. The van der Waals surface area contributed by atoms with E-state index in [0.717, 1.165) is 0 Å². The summed E-state index contributed by atoms with van der Waals surface area (Å²) >= 11 is 3.14. The lowest BCUT2D eigenvalue weighted by atomic mass is 10.3. The number of aromatic nitrogens is 2. The van der Waals surface area contributed by atoms with Gasteiger partial charge in [-0.2, -0.15) is 10.4 Å². The average molecular weight is 294 g/mol. The van der Waals surface area contributed by atoms with Gasteiger partial charge in [0.25, 0.3) is 5.88 Å². The van der Waals surface area contributed by atoms with Crippen molar-refractivity contribution < 1.29 is 9.13 Å². The van der Waals surface area contributed by atoms with Crippen LogP contribution in [-0.4, -0.2) is 10.2 Å². The van der Waals surface area contributed by atoms with Crippen molar-refractivity contribution in [1.29, 1.82) is 5.26 Å². The van der Waals surface area contributed by atoms with Gasteiger partial charge in [0.1, 0.15) is 23.2 Å². The van der Waals surface area contributed by atoms with Crippen LogP contribution >= 0.6 is 15.9 Å². The number of ether oxygens (including phenoxy) is 1. The zero-order valence-corrected chi connectivity index (χ0v) is 9.98. The quantitative estimate of drug-likeness (QED) is 0.854. The fourth-order valence-corrected chi connectivity index (χ4v) is 1.62. The van der Waals surface area contributed by atoms with Crippen molar-refractivity contribution in [2.24, 2.45) is 0 Å². The lowest BCUT2D eigenvalue weighted by Gasteiger charge is -2.05. The summed E-state index contributed by atoms with van der Waals surface area (Å²) < 4.78 is 18.9. The molecule has 84 valence electrons. The van der Waals surface area contributed by atoms with Gasteiger partial charge in [-0.3, -0.25) is 0 Å². The molecule has 0 atom stereocenters. The van der Waals surface area contributed by atoms with E-state index in [2.05, 4.69) is 26.1 Å². The number of benzene rings is 1. The zero-order valence-electron chi connectivity index (χ0n) is 8.39. The van der Waals surface area contributed by atoms with Crippen molar-refractivity contribution >= 4 is 15.9 Å². The van der Waals surface area contributed by atoms with Gasteiger partial charge in [0, 0.05) is 10.5 Å². The fraction of sp³-hybridized carbons (Fsp3) is 0. The van der Waals surface area contributed by atoms with Crippen molar-refractivity contribution in [2.75, 3.05) is 0 Å². The van der Waals surface area contributed by atoms with Crippen LogP contribution in [0.5, 0.6) is 11.6 Å². The topological polar surface area (TPSA) is 58.8 Å². The summed E-state index contributed by atoms with van der Waals surface area (Å²) in [6, 6.07) is 7.44. The summed E-state index contributed by atoms with van der Waals surface area (Å²) in [5.41, 5.74) is 0.236. The fourth-order valence-electron chi connectivity index (χ4n) is 1.18. The molecule has 0 spiro atoms. The second kappa shape index (κ2) is 4.89. The van der Waals surface area contributed by atoms with E-state index >= 15 is 0 Å². The summed E-state index contributed by atoms with van der Waals surface area (Å²) in [4.78, 5) is 0. The van der Waals surface area contributed by atoms with Gasteiger partial charge in [-0.05, 0) is 18.2 Å². The Bertz CT molecular complexity index is 577. The predicted molar refractivity (Wildman–Crippen MR) is 60.9 cm³/mol. The highest BCUT2D eigenvalue weighted by Crippen LogP contribution is 2.25. The van der Waals surface area contributed by atoms with E-state index in [1.165, 1.54) is 24.4 Å². The summed E-state index contributed by atoms with van der Waals surface area (Å²) in [6.07, 6.45) is 1.38. The number of nitrogens with zero attached hydrogens (tertiary/aromatic N) is 3. The van der Waals surface area contributed by atoms with Crippen molar-refractivity contribution in [3.8, 4) is 17.7 Å². The molecule has 1 aromatic heterocycles. The molecule has 0 N–H and O–H groups in total. The first kappa shape index (κ1) is 11.5. The number of nitriles is 1. The van der Waals surface area contributed by atoms with Crippen molar-refractivity contribution in [2.45, 2.75) is 0 Å². The van der Waals surface area contributed by atoms with E-state index in [4.69, 9.17) is 10.00 Å². The molecule has 0 unspecified atom stereocenters. The monoisotopic (exact) mass is 293 g/mol. The van der Waals surface area contributed by atoms with E-state index in [-0.39, 0.29) is 17.2 Å². The highest BCUT2D eigenvalue weighted by molar-refractivity contribution is 9.10. The normalized spacial score (nSPS) is 9.71. The van der Waals surface area contributed by atoms with Gasteiger partial charge in [-0.15, -0.1) is 5.10 Å². The second-order valence-corrected chi connectivity index (χ2v) is 3.98. The van der Waals surface area contributed by atoms with Gasteiger partial charge in [0.2, 0.25) is 0 Å². The van der Waals surface area contributed by atoms with Crippen LogP contribution in [0.2, 0.25) is 0 Å². The number of hydrogen-bond acceptors (Lipinski definition) is 4. The Balaban J connectivity index is 2.35. The van der Waals surface area contributed by atoms with Gasteiger partial charge in [-0.1, -0.05) is 15.9 Å². The van der Waals surface area contributed by atoms with Crippen LogP contribution in [0.15, 0.2) is 34.9 Å². The van der Waals surface area contributed by atoms with Crippen LogP contribution in [0.25, 0.3) is 0 Å². The van der Waals surface area contributed by atoms with Crippen LogP contribution < -0.4 is 4.74 Å². The van der Waals surface area contributed by atoms with Crippen LogP contribution in [0.4, 0.5) is 4.39 Å². The summed E-state index contributed by atoms with van der Waals surface area (Å²) in [5.74, 6) is -0.154. The zero-order chi connectivity index (χ0) is 12.3. The number of rotatable bonds is 2. The van der Waals surface area contributed by atoms with Crippen LogP contribution in [0.1, 0.15) is 5.56 Å². The summed E-state index contributed by atoms with van der Waals surface area (Å²) in [7, 11) is 0. The Labute approximate surface area is 105 Å². The van der Waals surface area contributed by atoms with Crippen molar-refractivity contribution in [3.63, 3.8) is 0 Å². The molecule has 0 fully saturated rings. The summed E-state index contributed by atoms with van der Waals surface area (Å²) in [5, 5.41) is 16.1. The Hall–Kier alpha value is -2.00. The minimum absolute atomic E-state index is 0.0486. The van der Waals surface area contributed by atoms with Crippen LogP contribution in [-0.2, 0) is 0 Å². The molecule has 1 heterocycles. The Kier molecular flexibility index (Phi) is 3.30. The SMILES string of the molecule is N#Cc1ccnnc1Oc1cc(F)cc(Br)c1. The highest BCUT2D eigenvalue weighted by atomic mass is 79.9. The maximum absolute atomic E-state index is 13.1. The maximum atomic E-state index is 13.1. The van der Waals surface area contributed by atoms with Crippen LogP contribution in [0.3, 0.4) is 0 Å². The minimum Gasteiger partial charge on any atom is -0.436 e. The lowest BCUT2D eigenvalue weighted by molar-refractivity contribution is 0.448. The van der Waals surface area contributed by atoms with E-state index in [1.807, 2.05) is 6.07 Å². The molecule has 0 saturated heterocycles. The largest absolute Gasteiger partial charge is 0.436 e. The molecule has 17 heavy (non-hydrogen) atoms. The maximum Gasteiger partial charge on any atom is 0.256 e. The van der Waals surface area contributed by atoms with Crippen molar-refractivity contribution in [1.82, 2.24) is 10.2 Å². The first-order chi connectivity index (χ1) is 8.19. The molecule has 6 heteroatoms. The molecule has 4 nitrogen and oxygen atoms in total. The molecule has 0 saturated carbocycles. The molecule has 1 aromatic carbocycles. The first-order valence-corrected chi connectivity index (χ1v) is 5.34. The minimum atomic E-state index is -0.447. The van der Waals surface area contributed by atoms with E-state index < -0.39 is 5.82 Å². The molecule has 2 aromatic rings. The molecular weight excluding hydrogens is 289 g/mol. The second-order valence-electron chi connectivity index (χ2n) is 3.07. The third kappa shape index (κ3) is 2.77. The van der Waals surface area contributed by atoms with E-state index in [9.17, 15) is 4.39 Å². The molecule has 0 aliphatic heterocycles. The van der Waals surface area contributed by atoms with Crippen molar-refractivity contribution in [3.05, 3.63) is 46.3 Å². The Morgan fingerprint density at radius 1 is 1.35 bits per heavy atom. The van der Waals surface area contributed by atoms with Crippen LogP contribution in [0, 0.1) is 17.1 Å². The third-order valence-corrected chi connectivity index (χ3v) is 2.32. The predicted octanol–water partition coefficient (Wildman–Crippen LogP) is 3.04. The molecule has 0 aliphatic carbocycles. The van der Waals surface area contributed by atoms with Gasteiger partial charge in [0.15, 0.2) is 0 Å². The molecule has 0 radical (unpaired) electrons. The smallest absolute Gasteiger partial charge is 0.256 e. The summed E-state index contributed by atoms with van der Waals surface area (Å²) in [6.45, 7) is 0.